The Hall–Kier alpha value is -3.10. The normalized spacial score (nSPS) is 13.6. The minimum Gasteiger partial charge on any atom is -0.325 e. The molecule has 144 valence electrons. The Bertz CT molecular complexity index is 1200. The van der Waals surface area contributed by atoms with Crippen molar-refractivity contribution in [3.05, 3.63) is 65.8 Å². The Balaban J connectivity index is 1.33. The van der Waals surface area contributed by atoms with Crippen molar-refractivity contribution in [2.75, 3.05) is 16.4 Å². The molecule has 0 saturated carbocycles. The molecule has 2 N–H and O–H groups in total. The summed E-state index contributed by atoms with van der Waals surface area (Å²) in [4.78, 5) is 31.0. The molecule has 1 aliphatic heterocycles. The predicted octanol–water partition coefficient (Wildman–Crippen LogP) is 4.75. The van der Waals surface area contributed by atoms with Crippen LogP contribution in [0.3, 0.4) is 0 Å². The lowest BCUT2D eigenvalue weighted by molar-refractivity contribution is -0.115. The summed E-state index contributed by atoms with van der Waals surface area (Å²) in [6.45, 7) is 0. The summed E-state index contributed by atoms with van der Waals surface area (Å²) in [7, 11) is 0. The fourth-order valence-electron chi connectivity index (χ4n) is 3.16. The van der Waals surface area contributed by atoms with Crippen LogP contribution in [-0.2, 0) is 4.79 Å². The number of hydrogen-bond donors (Lipinski definition) is 2. The topological polar surface area (TPSA) is 75.5 Å². The summed E-state index contributed by atoms with van der Waals surface area (Å²) in [6.07, 6.45) is 4.44. The molecule has 0 spiro atoms. The summed E-state index contributed by atoms with van der Waals surface area (Å²) in [5.41, 5.74) is 3.79. The van der Waals surface area contributed by atoms with E-state index < -0.39 is 0 Å². The van der Waals surface area contributed by atoms with Gasteiger partial charge in [0.2, 0.25) is 5.91 Å². The molecule has 2 aromatic heterocycles. The Morgan fingerprint density at radius 1 is 1.17 bits per heavy atom. The van der Waals surface area contributed by atoms with E-state index in [1.165, 1.54) is 0 Å². The highest BCUT2D eigenvalue weighted by molar-refractivity contribution is 7.99. The zero-order valence-electron chi connectivity index (χ0n) is 15.2. The van der Waals surface area contributed by atoms with Crippen LogP contribution in [-0.4, -0.2) is 27.0 Å². The fraction of sp³-hybridized carbons (Fsp3) is 0.0952. The number of nitrogens with zero attached hydrogens (tertiary/aromatic N) is 2. The lowest BCUT2D eigenvalue weighted by Gasteiger charge is -2.10. The molecular formula is C21H16N4O2S2. The molecule has 6 nitrogen and oxygen atoms in total. The predicted molar refractivity (Wildman–Crippen MR) is 117 cm³/mol. The molecule has 0 atom stereocenters. The van der Waals surface area contributed by atoms with E-state index in [9.17, 15) is 9.59 Å². The third-order valence-corrected chi connectivity index (χ3v) is 6.48. The van der Waals surface area contributed by atoms with E-state index in [0.29, 0.717) is 23.4 Å². The Labute approximate surface area is 175 Å². The van der Waals surface area contributed by atoms with Crippen LogP contribution >= 0.6 is 23.1 Å². The maximum absolute atomic E-state index is 12.7. The number of imidazole rings is 1. The zero-order valence-corrected chi connectivity index (χ0v) is 16.8. The number of carbonyl (C=O) groups excluding carboxylic acids is 2. The van der Waals surface area contributed by atoms with E-state index in [1.807, 2.05) is 52.5 Å². The van der Waals surface area contributed by atoms with Gasteiger partial charge in [0.15, 0.2) is 4.96 Å². The highest BCUT2D eigenvalue weighted by Gasteiger charge is 2.16. The molecule has 0 saturated heterocycles. The standard InChI is InChI=1S/C21H16N4O2S2/c26-19-7-9-28-18-6-3-14(11-16(18)23-19)20(27)22-15-4-1-13(2-5-15)17-12-25-8-10-29-21(25)24-17/h1-6,8,10-12H,7,9H2,(H,22,27)(H,23,26). The van der Waals surface area contributed by atoms with Gasteiger partial charge in [0.25, 0.3) is 5.91 Å². The van der Waals surface area contributed by atoms with Crippen LogP contribution in [0.15, 0.2) is 65.1 Å². The molecule has 5 rings (SSSR count). The number of amides is 2. The van der Waals surface area contributed by atoms with Crippen LogP contribution in [0, 0.1) is 0 Å². The van der Waals surface area contributed by atoms with Crippen molar-refractivity contribution < 1.29 is 9.59 Å². The SMILES string of the molecule is O=C1CCSc2ccc(C(=O)Nc3ccc(-c4cn5ccsc5n4)cc3)cc2N1. The number of fused-ring (bicyclic) bond motifs is 2. The largest absolute Gasteiger partial charge is 0.325 e. The molecular weight excluding hydrogens is 404 g/mol. The number of aromatic nitrogens is 2. The Morgan fingerprint density at radius 3 is 2.86 bits per heavy atom. The van der Waals surface area contributed by atoms with Gasteiger partial charge in [-0.1, -0.05) is 12.1 Å². The lowest BCUT2D eigenvalue weighted by atomic mass is 10.1. The van der Waals surface area contributed by atoms with Crippen molar-refractivity contribution in [1.82, 2.24) is 9.38 Å². The minimum atomic E-state index is -0.216. The van der Waals surface area contributed by atoms with E-state index in [0.717, 1.165) is 26.9 Å². The van der Waals surface area contributed by atoms with Gasteiger partial charge in [0.05, 0.1) is 11.4 Å². The van der Waals surface area contributed by atoms with Gasteiger partial charge < -0.3 is 10.6 Å². The monoisotopic (exact) mass is 420 g/mol. The average molecular weight is 421 g/mol. The van der Waals surface area contributed by atoms with Gasteiger partial charge in [0.1, 0.15) is 0 Å². The third-order valence-electron chi connectivity index (χ3n) is 4.63. The highest BCUT2D eigenvalue weighted by atomic mass is 32.2. The van der Waals surface area contributed by atoms with Crippen LogP contribution < -0.4 is 10.6 Å². The van der Waals surface area contributed by atoms with Crippen LogP contribution in [0.25, 0.3) is 16.2 Å². The fourth-order valence-corrected chi connectivity index (χ4v) is 4.79. The second-order valence-electron chi connectivity index (χ2n) is 6.61. The van der Waals surface area contributed by atoms with Gasteiger partial charge in [-0.3, -0.25) is 14.0 Å². The lowest BCUT2D eigenvalue weighted by Crippen LogP contribution is -2.14. The number of rotatable bonds is 3. The first-order valence-corrected chi connectivity index (χ1v) is 10.9. The van der Waals surface area contributed by atoms with E-state index in [-0.39, 0.29) is 11.8 Å². The minimum absolute atomic E-state index is 0.0245. The molecule has 3 heterocycles. The summed E-state index contributed by atoms with van der Waals surface area (Å²) in [5, 5.41) is 7.78. The van der Waals surface area contributed by atoms with Gasteiger partial charge in [-0.15, -0.1) is 23.1 Å². The number of benzene rings is 2. The van der Waals surface area contributed by atoms with Gasteiger partial charge in [-0.05, 0) is 30.3 Å². The molecule has 0 unspecified atom stereocenters. The van der Waals surface area contributed by atoms with E-state index in [4.69, 9.17) is 0 Å². The van der Waals surface area contributed by atoms with Gasteiger partial charge >= 0.3 is 0 Å². The van der Waals surface area contributed by atoms with Crippen molar-refractivity contribution in [3.8, 4) is 11.3 Å². The summed E-state index contributed by atoms with van der Waals surface area (Å²) < 4.78 is 1.99. The molecule has 0 radical (unpaired) electrons. The quantitative estimate of drug-likeness (QED) is 0.502. The van der Waals surface area contributed by atoms with Crippen molar-refractivity contribution in [2.45, 2.75) is 11.3 Å². The van der Waals surface area contributed by atoms with Gasteiger partial charge in [0, 0.05) is 51.7 Å². The molecule has 2 amide bonds. The van der Waals surface area contributed by atoms with Crippen LogP contribution in [0.2, 0.25) is 0 Å². The number of hydrogen-bond acceptors (Lipinski definition) is 5. The number of anilines is 2. The molecule has 8 heteroatoms. The van der Waals surface area contributed by atoms with Crippen LogP contribution in [0.4, 0.5) is 11.4 Å². The average Bonchev–Trinajstić information content (AvgIpc) is 3.26. The van der Waals surface area contributed by atoms with Crippen molar-refractivity contribution in [3.63, 3.8) is 0 Å². The summed E-state index contributed by atoms with van der Waals surface area (Å²) >= 11 is 3.21. The van der Waals surface area contributed by atoms with Crippen molar-refractivity contribution in [1.29, 1.82) is 0 Å². The number of carbonyl (C=O) groups is 2. The van der Waals surface area contributed by atoms with Gasteiger partial charge in [-0.2, -0.15) is 0 Å². The van der Waals surface area contributed by atoms with Crippen LogP contribution in [0.5, 0.6) is 0 Å². The molecule has 0 aliphatic carbocycles. The Kier molecular flexibility index (Phi) is 4.57. The molecule has 29 heavy (non-hydrogen) atoms. The van der Waals surface area contributed by atoms with E-state index >= 15 is 0 Å². The molecule has 4 aromatic rings. The second-order valence-corrected chi connectivity index (χ2v) is 8.62. The first kappa shape index (κ1) is 18.0. The molecule has 0 bridgehead atoms. The maximum atomic E-state index is 12.7. The maximum Gasteiger partial charge on any atom is 0.255 e. The Morgan fingerprint density at radius 2 is 2.03 bits per heavy atom. The van der Waals surface area contributed by atoms with Crippen molar-refractivity contribution >= 4 is 51.2 Å². The van der Waals surface area contributed by atoms with E-state index in [1.54, 1.807) is 35.2 Å². The highest BCUT2D eigenvalue weighted by Crippen LogP contribution is 2.31. The smallest absolute Gasteiger partial charge is 0.255 e. The van der Waals surface area contributed by atoms with E-state index in [2.05, 4.69) is 15.6 Å². The second kappa shape index (κ2) is 7.38. The number of thioether (sulfide) groups is 1. The van der Waals surface area contributed by atoms with Crippen LogP contribution in [0.1, 0.15) is 16.8 Å². The number of nitrogens with one attached hydrogen (secondary N) is 2. The molecule has 0 fully saturated rings. The molecule has 1 aliphatic rings. The zero-order chi connectivity index (χ0) is 19.8. The van der Waals surface area contributed by atoms with Crippen molar-refractivity contribution in [2.24, 2.45) is 0 Å². The third kappa shape index (κ3) is 3.64. The molecule has 2 aromatic carbocycles. The number of thiazole rings is 1. The first-order chi connectivity index (χ1) is 14.2. The summed E-state index contributed by atoms with van der Waals surface area (Å²) in [5.74, 6) is 0.501. The summed E-state index contributed by atoms with van der Waals surface area (Å²) in [6, 6.07) is 13.0. The van der Waals surface area contributed by atoms with Gasteiger partial charge in [-0.25, -0.2) is 4.98 Å². The first-order valence-electron chi connectivity index (χ1n) is 9.06.